The van der Waals surface area contributed by atoms with E-state index in [1.807, 2.05) is 38.4 Å². The maximum absolute atomic E-state index is 12.1. The smallest absolute Gasteiger partial charge is 0.224 e. The molecule has 1 aromatic carbocycles. The maximum Gasteiger partial charge on any atom is 0.224 e. The van der Waals surface area contributed by atoms with Crippen LogP contribution in [0.4, 0.5) is 0 Å². The van der Waals surface area contributed by atoms with Crippen molar-refractivity contribution in [2.75, 3.05) is 33.7 Å². The molecule has 110 valence electrons. The third kappa shape index (κ3) is 3.72. The lowest BCUT2D eigenvalue weighted by atomic mass is 10.0. The van der Waals surface area contributed by atoms with E-state index in [2.05, 4.69) is 15.5 Å². The summed E-state index contributed by atoms with van der Waals surface area (Å²) in [5.41, 5.74) is 1.05. The first kappa shape index (κ1) is 15.3. The Morgan fingerprint density at radius 3 is 2.85 bits per heavy atom. The summed E-state index contributed by atoms with van der Waals surface area (Å²) < 4.78 is 0. The SMILES string of the molecule is CN(C)C(CNC(=O)C1CCNC1)c1ccccc1Cl. The lowest BCUT2D eigenvalue weighted by molar-refractivity contribution is -0.124. The lowest BCUT2D eigenvalue weighted by Crippen LogP contribution is -2.38. The van der Waals surface area contributed by atoms with E-state index in [1.165, 1.54) is 0 Å². The summed E-state index contributed by atoms with van der Waals surface area (Å²) in [6.07, 6.45) is 0.921. The van der Waals surface area contributed by atoms with E-state index < -0.39 is 0 Å². The van der Waals surface area contributed by atoms with Crippen LogP contribution < -0.4 is 10.6 Å². The highest BCUT2D eigenvalue weighted by Gasteiger charge is 2.24. The third-order valence-corrected chi connectivity index (χ3v) is 4.13. The summed E-state index contributed by atoms with van der Waals surface area (Å²) >= 11 is 6.26. The molecule has 5 heteroatoms. The molecule has 4 nitrogen and oxygen atoms in total. The zero-order chi connectivity index (χ0) is 14.5. The Kier molecular flexibility index (Phi) is 5.40. The molecule has 0 radical (unpaired) electrons. The standard InChI is InChI=1S/C15H22ClN3O/c1-19(2)14(12-5-3-4-6-13(12)16)10-18-15(20)11-7-8-17-9-11/h3-6,11,14,17H,7-10H2,1-2H3,(H,18,20). The van der Waals surface area contributed by atoms with E-state index in [4.69, 9.17) is 11.6 Å². The van der Waals surface area contributed by atoms with Crippen molar-refractivity contribution in [1.82, 2.24) is 15.5 Å². The molecule has 0 saturated carbocycles. The number of nitrogens with one attached hydrogen (secondary N) is 2. The summed E-state index contributed by atoms with van der Waals surface area (Å²) in [4.78, 5) is 14.2. The van der Waals surface area contributed by atoms with Gasteiger partial charge >= 0.3 is 0 Å². The van der Waals surface area contributed by atoms with Gasteiger partial charge in [-0.3, -0.25) is 4.79 Å². The highest BCUT2D eigenvalue weighted by molar-refractivity contribution is 6.31. The zero-order valence-corrected chi connectivity index (χ0v) is 12.8. The van der Waals surface area contributed by atoms with Crippen molar-refractivity contribution in [2.24, 2.45) is 5.92 Å². The van der Waals surface area contributed by atoms with Crippen molar-refractivity contribution in [1.29, 1.82) is 0 Å². The summed E-state index contributed by atoms with van der Waals surface area (Å²) in [7, 11) is 3.99. The monoisotopic (exact) mass is 295 g/mol. The van der Waals surface area contributed by atoms with Crippen molar-refractivity contribution in [3.63, 3.8) is 0 Å². The molecule has 0 aromatic heterocycles. The molecule has 1 amide bonds. The van der Waals surface area contributed by atoms with Gasteiger partial charge in [-0.2, -0.15) is 0 Å². The maximum atomic E-state index is 12.1. The molecule has 1 fully saturated rings. The third-order valence-electron chi connectivity index (χ3n) is 3.79. The Morgan fingerprint density at radius 2 is 2.25 bits per heavy atom. The number of hydrogen-bond acceptors (Lipinski definition) is 3. The average molecular weight is 296 g/mol. The Bertz CT molecular complexity index is 458. The first-order valence-electron chi connectivity index (χ1n) is 6.99. The highest BCUT2D eigenvalue weighted by atomic mass is 35.5. The van der Waals surface area contributed by atoms with Crippen LogP contribution >= 0.6 is 11.6 Å². The van der Waals surface area contributed by atoms with Gasteiger partial charge in [-0.05, 0) is 38.7 Å². The topological polar surface area (TPSA) is 44.4 Å². The molecule has 2 unspecified atom stereocenters. The molecular formula is C15H22ClN3O. The number of halogens is 1. The summed E-state index contributed by atoms with van der Waals surface area (Å²) in [5, 5.41) is 7.00. The van der Waals surface area contributed by atoms with Gasteiger partial charge in [-0.25, -0.2) is 0 Å². The van der Waals surface area contributed by atoms with Gasteiger partial charge in [0.2, 0.25) is 5.91 Å². The van der Waals surface area contributed by atoms with Gasteiger partial charge in [0.05, 0.1) is 12.0 Å². The number of carbonyl (C=O) groups is 1. The van der Waals surface area contributed by atoms with E-state index in [0.717, 1.165) is 30.1 Å². The van der Waals surface area contributed by atoms with Crippen LogP contribution in [0.1, 0.15) is 18.0 Å². The molecule has 2 atom stereocenters. The van der Waals surface area contributed by atoms with Gasteiger partial charge in [-0.15, -0.1) is 0 Å². The van der Waals surface area contributed by atoms with Crippen LogP contribution in [0.15, 0.2) is 24.3 Å². The Hall–Kier alpha value is -1.10. The first-order chi connectivity index (χ1) is 9.59. The molecule has 2 rings (SSSR count). The van der Waals surface area contributed by atoms with Crippen LogP contribution in [0.5, 0.6) is 0 Å². The van der Waals surface area contributed by atoms with Crippen molar-refractivity contribution in [2.45, 2.75) is 12.5 Å². The minimum atomic E-state index is 0.0852. The number of amides is 1. The van der Waals surface area contributed by atoms with Crippen LogP contribution in [-0.4, -0.2) is 44.5 Å². The molecule has 0 bridgehead atoms. The van der Waals surface area contributed by atoms with Crippen molar-refractivity contribution in [3.05, 3.63) is 34.9 Å². The first-order valence-corrected chi connectivity index (χ1v) is 7.36. The van der Waals surface area contributed by atoms with E-state index >= 15 is 0 Å². The summed E-state index contributed by atoms with van der Waals surface area (Å²) in [6, 6.07) is 7.87. The van der Waals surface area contributed by atoms with Gasteiger partial charge in [0.1, 0.15) is 0 Å². The summed E-state index contributed by atoms with van der Waals surface area (Å²) in [6.45, 7) is 2.29. The van der Waals surface area contributed by atoms with Gasteiger partial charge in [-0.1, -0.05) is 29.8 Å². The second-order valence-electron chi connectivity index (χ2n) is 5.44. The highest BCUT2D eigenvalue weighted by Crippen LogP contribution is 2.25. The molecule has 0 spiro atoms. The minimum absolute atomic E-state index is 0.0852. The van der Waals surface area contributed by atoms with E-state index in [1.54, 1.807) is 0 Å². The van der Waals surface area contributed by atoms with Crippen LogP contribution in [0.2, 0.25) is 5.02 Å². The average Bonchev–Trinajstić information content (AvgIpc) is 2.94. The fourth-order valence-corrected chi connectivity index (χ4v) is 2.80. The van der Waals surface area contributed by atoms with Crippen LogP contribution in [0.25, 0.3) is 0 Å². The Morgan fingerprint density at radius 1 is 1.50 bits per heavy atom. The largest absolute Gasteiger partial charge is 0.354 e. The van der Waals surface area contributed by atoms with Crippen LogP contribution in [-0.2, 0) is 4.79 Å². The number of hydrogen-bond donors (Lipinski definition) is 2. The van der Waals surface area contributed by atoms with E-state index in [-0.39, 0.29) is 17.9 Å². The minimum Gasteiger partial charge on any atom is -0.354 e. The number of rotatable bonds is 5. The number of nitrogens with zero attached hydrogens (tertiary/aromatic N) is 1. The van der Waals surface area contributed by atoms with Gasteiger partial charge in [0.25, 0.3) is 0 Å². The van der Waals surface area contributed by atoms with E-state index in [9.17, 15) is 4.79 Å². The molecular weight excluding hydrogens is 274 g/mol. The Labute approximate surface area is 125 Å². The van der Waals surface area contributed by atoms with Crippen molar-refractivity contribution >= 4 is 17.5 Å². The second-order valence-corrected chi connectivity index (χ2v) is 5.84. The number of likely N-dealkylation sites (N-methyl/N-ethyl adjacent to an activating group) is 1. The molecule has 1 aliphatic heterocycles. The molecule has 1 aromatic rings. The molecule has 0 aliphatic carbocycles. The molecule has 20 heavy (non-hydrogen) atoms. The van der Waals surface area contributed by atoms with Crippen LogP contribution in [0.3, 0.4) is 0 Å². The number of carbonyl (C=O) groups excluding carboxylic acids is 1. The van der Waals surface area contributed by atoms with Crippen molar-refractivity contribution in [3.8, 4) is 0 Å². The fraction of sp³-hybridized carbons (Fsp3) is 0.533. The van der Waals surface area contributed by atoms with Crippen molar-refractivity contribution < 1.29 is 4.79 Å². The molecule has 2 N–H and O–H groups in total. The predicted molar refractivity (Wildman–Crippen MR) is 81.9 cm³/mol. The van der Waals surface area contributed by atoms with Gasteiger partial charge in [0.15, 0.2) is 0 Å². The quantitative estimate of drug-likeness (QED) is 0.868. The lowest BCUT2D eigenvalue weighted by Gasteiger charge is -2.26. The molecule has 1 heterocycles. The van der Waals surface area contributed by atoms with Gasteiger partial charge < -0.3 is 15.5 Å². The molecule has 1 saturated heterocycles. The Balaban J connectivity index is 1.99. The summed E-state index contributed by atoms with van der Waals surface area (Å²) in [5.74, 6) is 0.234. The van der Waals surface area contributed by atoms with E-state index in [0.29, 0.717) is 6.54 Å². The zero-order valence-electron chi connectivity index (χ0n) is 12.0. The molecule has 1 aliphatic rings. The fourth-order valence-electron chi connectivity index (χ4n) is 2.54. The second kappa shape index (κ2) is 7.07. The normalized spacial score (nSPS) is 20.1. The van der Waals surface area contributed by atoms with Gasteiger partial charge in [0, 0.05) is 18.1 Å². The van der Waals surface area contributed by atoms with Crippen LogP contribution in [0, 0.1) is 5.92 Å². The predicted octanol–water partition coefficient (Wildman–Crippen LogP) is 1.67. The number of benzene rings is 1.